The van der Waals surface area contributed by atoms with E-state index < -0.39 is 0 Å². The maximum Gasteiger partial charge on any atom is 0.223 e. The van der Waals surface area contributed by atoms with Crippen molar-refractivity contribution in [1.82, 2.24) is 10.6 Å². The van der Waals surface area contributed by atoms with Gasteiger partial charge < -0.3 is 15.4 Å². The average molecular weight is 313 g/mol. The maximum absolute atomic E-state index is 12.0. The van der Waals surface area contributed by atoms with Crippen LogP contribution in [0.4, 0.5) is 0 Å². The number of piperidine rings is 1. The third kappa shape index (κ3) is 5.56. The van der Waals surface area contributed by atoms with Gasteiger partial charge >= 0.3 is 0 Å². The number of rotatable bonds is 5. The van der Waals surface area contributed by atoms with E-state index in [1.807, 2.05) is 30.3 Å². The number of amides is 1. The minimum atomic E-state index is 0. The molecule has 2 rings (SSSR count). The molecule has 5 heteroatoms. The van der Waals surface area contributed by atoms with Crippen LogP contribution in [0.15, 0.2) is 30.3 Å². The number of hydrogen-bond acceptors (Lipinski definition) is 3. The second-order valence-electron chi connectivity index (χ2n) is 5.51. The van der Waals surface area contributed by atoms with Gasteiger partial charge in [-0.05, 0) is 37.9 Å². The highest BCUT2D eigenvalue weighted by atomic mass is 35.5. The first-order valence-corrected chi connectivity index (χ1v) is 7.37. The van der Waals surface area contributed by atoms with Gasteiger partial charge in [-0.2, -0.15) is 0 Å². The molecule has 1 aliphatic heterocycles. The van der Waals surface area contributed by atoms with E-state index in [0.717, 1.165) is 18.7 Å². The van der Waals surface area contributed by atoms with Crippen molar-refractivity contribution in [1.29, 1.82) is 0 Å². The van der Waals surface area contributed by atoms with Gasteiger partial charge in [-0.3, -0.25) is 4.79 Å². The van der Waals surface area contributed by atoms with Crippen molar-refractivity contribution >= 4 is 18.3 Å². The number of carbonyl (C=O) groups excluding carboxylic acids is 1. The van der Waals surface area contributed by atoms with Crippen molar-refractivity contribution in [2.24, 2.45) is 5.92 Å². The summed E-state index contributed by atoms with van der Waals surface area (Å²) in [6, 6.07) is 10.1. The van der Waals surface area contributed by atoms with Crippen molar-refractivity contribution in [3.63, 3.8) is 0 Å². The molecule has 118 valence electrons. The summed E-state index contributed by atoms with van der Waals surface area (Å²) in [6.07, 6.45) is 1.50. The average Bonchev–Trinajstić information content (AvgIpc) is 2.44. The topological polar surface area (TPSA) is 50.4 Å². The van der Waals surface area contributed by atoms with Crippen LogP contribution in [0.3, 0.4) is 0 Å². The molecule has 21 heavy (non-hydrogen) atoms. The summed E-state index contributed by atoms with van der Waals surface area (Å²) in [5.74, 6) is 1.39. The Morgan fingerprint density at radius 1 is 1.33 bits per heavy atom. The number of para-hydroxylation sites is 1. The van der Waals surface area contributed by atoms with Crippen LogP contribution < -0.4 is 15.4 Å². The van der Waals surface area contributed by atoms with Gasteiger partial charge in [0.2, 0.25) is 5.91 Å². The normalized spacial score (nSPS) is 24.8. The molecule has 1 fully saturated rings. The van der Waals surface area contributed by atoms with E-state index in [0.29, 0.717) is 25.0 Å². The molecule has 3 unspecified atom stereocenters. The lowest BCUT2D eigenvalue weighted by Crippen LogP contribution is -2.56. The summed E-state index contributed by atoms with van der Waals surface area (Å²) < 4.78 is 5.54. The molecule has 2 N–H and O–H groups in total. The Hall–Kier alpha value is -1.26. The molecule has 1 aromatic rings. The van der Waals surface area contributed by atoms with E-state index in [1.54, 1.807) is 0 Å². The van der Waals surface area contributed by atoms with Crippen molar-refractivity contribution in [2.75, 3.05) is 13.2 Å². The number of benzene rings is 1. The van der Waals surface area contributed by atoms with E-state index >= 15 is 0 Å². The maximum atomic E-state index is 12.0. The van der Waals surface area contributed by atoms with Crippen LogP contribution in [0.25, 0.3) is 0 Å². The predicted octanol–water partition coefficient (Wildman–Crippen LogP) is 2.38. The highest BCUT2D eigenvalue weighted by Gasteiger charge is 2.28. The molecular weight excluding hydrogens is 288 g/mol. The monoisotopic (exact) mass is 312 g/mol. The fourth-order valence-corrected chi connectivity index (χ4v) is 2.64. The Balaban J connectivity index is 0.00000220. The van der Waals surface area contributed by atoms with E-state index in [-0.39, 0.29) is 24.4 Å². The van der Waals surface area contributed by atoms with Crippen LogP contribution in [-0.4, -0.2) is 31.1 Å². The molecule has 1 aromatic carbocycles. The van der Waals surface area contributed by atoms with Crippen molar-refractivity contribution < 1.29 is 9.53 Å². The van der Waals surface area contributed by atoms with E-state index in [4.69, 9.17) is 4.74 Å². The van der Waals surface area contributed by atoms with Crippen LogP contribution >= 0.6 is 12.4 Å². The zero-order valence-corrected chi connectivity index (χ0v) is 13.5. The number of nitrogens with one attached hydrogen (secondary N) is 2. The number of ether oxygens (including phenoxy) is 1. The lowest BCUT2D eigenvalue weighted by Gasteiger charge is -2.36. The van der Waals surface area contributed by atoms with Gasteiger partial charge in [0, 0.05) is 12.1 Å². The Labute approximate surface area is 133 Å². The third-order valence-corrected chi connectivity index (χ3v) is 3.89. The molecule has 1 heterocycles. The molecule has 0 aliphatic carbocycles. The van der Waals surface area contributed by atoms with Gasteiger partial charge in [-0.15, -0.1) is 12.4 Å². The van der Waals surface area contributed by atoms with Gasteiger partial charge in [-0.1, -0.05) is 25.1 Å². The van der Waals surface area contributed by atoms with Crippen LogP contribution in [0.2, 0.25) is 0 Å². The fourth-order valence-electron chi connectivity index (χ4n) is 2.64. The molecule has 1 saturated heterocycles. The van der Waals surface area contributed by atoms with E-state index in [9.17, 15) is 4.79 Å². The molecule has 0 saturated carbocycles. The zero-order valence-electron chi connectivity index (χ0n) is 12.7. The number of hydrogen-bond donors (Lipinski definition) is 2. The molecule has 4 nitrogen and oxygen atoms in total. The standard InChI is InChI=1S/C16H24N2O2.ClH/c1-12-8-10-17-13(2)16(12)18-15(19)9-11-20-14-6-4-3-5-7-14;/h3-7,12-13,16-17H,8-11H2,1-2H3,(H,18,19);1H. The molecule has 1 amide bonds. The molecule has 0 aromatic heterocycles. The van der Waals surface area contributed by atoms with Crippen LogP contribution in [0.1, 0.15) is 26.7 Å². The first-order valence-electron chi connectivity index (χ1n) is 7.37. The first-order chi connectivity index (χ1) is 9.66. The summed E-state index contributed by atoms with van der Waals surface area (Å²) in [5.41, 5.74) is 0. The lowest BCUT2D eigenvalue weighted by atomic mass is 9.89. The molecule has 0 radical (unpaired) electrons. The van der Waals surface area contributed by atoms with E-state index in [1.165, 1.54) is 0 Å². The number of halogens is 1. The van der Waals surface area contributed by atoms with Gasteiger partial charge in [0.05, 0.1) is 13.0 Å². The van der Waals surface area contributed by atoms with Crippen LogP contribution in [0.5, 0.6) is 5.75 Å². The zero-order chi connectivity index (χ0) is 14.4. The Bertz CT molecular complexity index is 418. The molecule has 0 spiro atoms. The summed E-state index contributed by atoms with van der Waals surface area (Å²) in [7, 11) is 0. The number of carbonyl (C=O) groups is 1. The third-order valence-electron chi connectivity index (χ3n) is 3.89. The smallest absolute Gasteiger partial charge is 0.223 e. The second kappa shape index (κ2) is 8.90. The summed E-state index contributed by atoms with van der Waals surface area (Å²) >= 11 is 0. The van der Waals surface area contributed by atoms with Crippen molar-refractivity contribution in [3.8, 4) is 5.75 Å². The molecule has 3 atom stereocenters. The minimum absolute atomic E-state index is 0. The highest BCUT2D eigenvalue weighted by molar-refractivity contribution is 5.85. The lowest BCUT2D eigenvalue weighted by molar-refractivity contribution is -0.123. The Morgan fingerprint density at radius 3 is 2.71 bits per heavy atom. The quantitative estimate of drug-likeness (QED) is 0.877. The van der Waals surface area contributed by atoms with E-state index in [2.05, 4.69) is 24.5 Å². The van der Waals surface area contributed by atoms with Gasteiger partial charge in [0.25, 0.3) is 0 Å². The largest absolute Gasteiger partial charge is 0.493 e. The Kier molecular flexibility index (Phi) is 7.54. The molecule has 1 aliphatic rings. The summed E-state index contributed by atoms with van der Waals surface area (Å²) in [6.45, 7) is 5.77. The predicted molar refractivity (Wildman–Crippen MR) is 87.0 cm³/mol. The molecule has 0 bridgehead atoms. The van der Waals surface area contributed by atoms with Crippen LogP contribution in [0, 0.1) is 5.92 Å². The van der Waals surface area contributed by atoms with Crippen LogP contribution in [-0.2, 0) is 4.79 Å². The van der Waals surface area contributed by atoms with Gasteiger partial charge in [0.1, 0.15) is 5.75 Å². The van der Waals surface area contributed by atoms with Crippen molar-refractivity contribution in [2.45, 2.75) is 38.8 Å². The fraction of sp³-hybridized carbons (Fsp3) is 0.562. The highest BCUT2D eigenvalue weighted by Crippen LogP contribution is 2.16. The summed E-state index contributed by atoms with van der Waals surface area (Å²) in [5, 5.41) is 6.53. The van der Waals surface area contributed by atoms with Gasteiger partial charge in [-0.25, -0.2) is 0 Å². The molecular formula is C16H25ClN2O2. The van der Waals surface area contributed by atoms with Gasteiger partial charge in [0.15, 0.2) is 0 Å². The Morgan fingerprint density at radius 2 is 2.05 bits per heavy atom. The van der Waals surface area contributed by atoms with Crippen molar-refractivity contribution in [3.05, 3.63) is 30.3 Å². The first kappa shape index (κ1) is 17.8. The summed E-state index contributed by atoms with van der Waals surface area (Å²) in [4.78, 5) is 12.0. The second-order valence-corrected chi connectivity index (χ2v) is 5.51. The minimum Gasteiger partial charge on any atom is -0.493 e. The SMILES string of the molecule is CC1CCNC(C)C1NC(=O)CCOc1ccccc1.Cl.